The standard InChI is InChI=1S/C20H22ClN5O4S/c1-12-10-22-15(31-12)11-26-16-17(23-19(26)30-14-6-4-13(21)5-7-14)24(2)20(29)25(18(16)28)8-3-9-27/h4-7,10,15,22,27H,3,8-9,11H2,1-2H3. The summed E-state index contributed by atoms with van der Waals surface area (Å²) in [5.74, 6) is 0.507. The fraction of sp³-hybridized carbons (Fsp3) is 0.350. The predicted octanol–water partition coefficient (Wildman–Crippen LogP) is 2.25. The van der Waals surface area contributed by atoms with E-state index in [1.165, 1.54) is 4.57 Å². The maximum Gasteiger partial charge on any atom is 0.332 e. The summed E-state index contributed by atoms with van der Waals surface area (Å²) in [6, 6.07) is 7.01. The van der Waals surface area contributed by atoms with E-state index in [0.717, 1.165) is 9.47 Å². The van der Waals surface area contributed by atoms with Crippen LogP contribution in [0.2, 0.25) is 5.02 Å². The molecule has 2 N–H and O–H groups in total. The normalized spacial score (nSPS) is 15.9. The number of imidazole rings is 1. The topological polar surface area (TPSA) is 103 Å². The number of aryl methyl sites for hydroxylation is 1. The fourth-order valence-corrected chi connectivity index (χ4v) is 4.46. The van der Waals surface area contributed by atoms with Crippen molar-refractivity contribution in [3.63, 3.8) is 0 Å². The fourth-order valence-electron chi connectivity index (χ4n) is 3.39. The van der Waals surface area contributed by atoms with Crippen molar-refractivity contribution in [2.24, 2.45) is 7.05 Å². The van der Waals surface area contributed by atoms with Gasteiger partial charge in [-0.15, -0.1) is 11.8 Å². The van der Waals surface area contributed by atoms with E-state index in [1.807, 2.05) is 13.1 Å². The third-order valence-corrected chi connectivity index (χ3v) is 6.22. The van der Waals surface area contributed by atoms with E-state index in [9.17, 15) is 9.59 Å². The SMILES string of the molecule is CC1=CNC(Cn2c(Oc3ccc(Cl)cc3)nc3c2c(=O)n(CCCO)c(=O)n3C)S1. The first-order valence-corrected chi connectivity index (χ1v) is 11.0. The number of allylic oxidation sites excluding steroid dienone is 1. The molecule has 31 heavy (non-hydrogen) atoms. The summed E-state index contributed by atoms with van der Waals surface area (Å²) in [6.07, 6.45) is 2.22. The second-order valence-corrected chi connectivity index (χ2v) is 9.02. The second kappa shape index (κ2) is 8.81. The Morgan fingerprint density at radius 2 is 2.00 bits per heavy atom. The third kappa shape index (κ3) is 4.23. The van der Waals surface area contributed by atoms with Gasteiger partial charge in [-0.3, -0.25) is 18.5 Å². The molecular formula is C20H22ClN5O4S. The number of hydrogen-bond donors (Lipinski definition) is 2. The lowest BCUT2D eigenvalue weighted by molar-refractivity contribution is 0.277. The van der Waals surface area contributed by atoms with Gasteiger partial charge in [0.15, 0.2) is 11.2 Å². The minimum atomic E-state index is -0.487. The molecule has 0 fully saturated rings. The highest BCUT2D eigenvalue weighted by Crippen LogP contribution is 2.30. The molecule has 0 saturated carbocycles. The van der Waals surface area contributed by atoms with Gasteiger partial charge in [-0.2, -0.15) is 4.98 Å². The number of aromatic nitrogens is 4. The Morgan fingerprint density at radius 3 is 2.65 bits per heavy atom. The van der Waals surface area contributed by atoms with Crippen molar-refractivity contribution >= 4 is 34.5 Å². The molecule has 1 aliphatic heterocycles. The highest BCUT2D eigenvalue weighted by atomic mass is 35.5. The van der Waals surface area contributed by atoms with Crippen molar-refractivity contribution in [3.8, 4) is 11.8 Å². The number of nitrogens with zero attached hydrogens (tertiary/aromatic N) is 4. The Balaban J connectivity index is 1.86. The largest absolute Gasteiger partial charge is 0.425 e. The lowest BCUT2D eigenvalue weighted by atomic mass is 10.3. The summed E-state index contributed by atoms with van der Waals surface area (Å²) in [7, 11) is 1.57. The number of halogens is 1. The maximum atomic E-state index is 13.3. The Bertz CT molecular complexity index is 1260. The van der Waals surface area contributed by atoms with Crippen molar-refractivity contribution in [2.75, 3.05) is 6.61 Å². The van der Waals surface area contributed by atoms with Crippen LogP contribution in [0.4, 0.5) is 0 Å². The highest BCUT2D eigenvalue weighted by Gasteiger charge is 2.25. The van der Waals surface area contributed by atoms with Gasteiger partial charge in [0, 0.05) is 31.4 Å². The molecule has 11 heteroatoms. The maximum absolute atomic E-state index is 13.3. The zero-order valence-electron chi connectivity index (χ0n) is 17.0. The van der Waals surface area contributed by atoms with Crippen LogP contribution in [0.15, 0.2) is 45.0 Å². The van der Waals surface area contributed by atoms with Gasteiger partial charge in [-0.05, 0) is 42.5 Å². The smallest absolute Gasteiger partial charge is 0.332 e. The number of aliphatic hydroxyl groups excluding tert-OH is 1. The number of fused-ring (bicyclic) bond motifs is 1. The molecule has 1 aromatic carbocycles. The Morgan fingerprint density at radius 1 is 1.26 bits per heavy atom. The lowest BCUT2D eigenvalue weighted by Crippen LogP contribution is -2.40. The molecule has 0 saturated heterocycles. The zero-order valence-corrected chi connectivity index (χ0v) is 18.6. The van der Waals surface area contributed by atoms with Crippen LogP contribution in [0.25, 0.3) is 11.2 Å². The molecule has 4 rings (SSSR count). The van der Waals surface area contributed by atoms with Crippen LogP contribution in [0.5, 0.6) is 11.8 Å². The van der Waals surface area contributed by atoms with Crippen molar-refractivity contribution < 1.29 is 9.84 Å². The number of benzene rings is 1. The first-order chi connectivity index (χ1) is 14.9. The Hall–Kier alpha value is -2.69. The van der Waals surface area contributed by atoms with E-state index in [-0.39, 0.29) is 35.7 Å². The average molecular weight is 464 g/mol. The zero-order chi connectivity index (χ0) is 22.1. The highest BCUT2D eigenvalue weighted by molar-refractivity contribution is 8.03. The van der Waals surface area contributed by atoms with Gasteiger partial charge in [0.2, 0.25) is 0 Å². The summed E-state index contributed by atoms with van der Waals surface area (Å²) in [5.41, 5.74) is -0.431. The summed E-state index contributed by atoms with van der Waals surface area (Å²) >= 11 is 7.60. The summed E-state index contributed by atoms with van der Waals surface area (Å²) < 4.78 is 10.1. The van der Waals surface area contributed by atoms with Gasteiger partial charge in [-0.1, -0.05) is 11.6 Å². The summed E-state index contributed by atoms with van der Waals surface area (Å²) in [6.45, 7) is 2.39. The number of thioether (sulfide) groups is 1. The van der Waals surface area contributed by atoms with Gasteiger partial charge in [0.25, 0.3) is 5.56 Å². The van der Waals surface area contributed by atoms with Crippen molar-refractivity contribution in [2.45, 2.75) is 31.8 Å². The van der Waals surface area contributed by atoms with Gasteiger partial charge in [0.05, 0.1) is 11.9 Å². The first kappa shape index (κ1) is 21.5. The monoisotopic (exact) mass is 463 g/mol. The van der Waals surface area contributed by atoms with Crippen LogP contribution in [0.3, 0.4) is 0 Å². The molecule has 2 aromatic heterocycles. The molecule has 1 atom stereocenters. The van der Waals surface area contributed by atoms with Crippen LogP contribution >= 0.6 is 23.4 Å². The minimum absolute atomic E-state index is 0.0208. The quantitative estimate of drug-likeness (QED) is 0.553. The Kier molecular flexibility index (Phi) is 6.12. The first-order valence-electron chi connectivity index (χ1n) is 9.73. The van der Waals surface area contributed by atoms with Gasteiger partial charge in [0.1, 0.15) is 5.75 Å². The van der Waals surface area contributed by atoms with Gasteiger partial charge < -0.3 is 15.2 Å². The van der Waals surface area contributed by atoms with Crippen LogP contribution < -0.4 is 21.3 Å². The molecule has 3 aromatic rings. The number of ether oxygens (including phenoxy) is 1. The van der Waals surface area contributed by atoms with Gasteiger partial charge in [-0.25, -0.2) is 4.79 Å². The number of aliphatic hydroxyl groups is 1. The lowest BCUT2D eigenvalue weighted by Gasteiger charge is -2.15. The van der Waals surface area contributed by atoms with Crippen molar-refractivity contribution in [3.05, 3.63) is 61.2 Å². The van der Waals surface area contributed by atoms with E-state index in [0.29, 0.717) is 23.7 Å². The predicted molar refractivity (Wildman–Crippen MR) is 121 cm³/mol. The van der Waals surface area contributed by atoms with Crippen LogP contribution in [-0.2, 0) is 20.1 Å². The van der Waals surface area contributed by atoms with E-state index in [4.69, 9.17) is 21.4 Å². The van der Waals surface area contributed by atoms with Crippen LogP contribution in [0.1, 0.15) is 13.3 Å². The van der Waals surface area contributed by atoms with E-state index >= 15 is 0 Å². The van der Waals surface area contributed by atoms with Gasteiger partial charge >= 0.3 is 11.7 Å². The molecule has 0 bridgehead atoms. The molecule has 0 radical (unpaired) electrons. The van der Waals surface area contributed by atoms with E-state index in [1.54, 1.807) is 47.6 Å². The van der Waals surface area contributed by atoms with Crippen molar-refractivity contribution in [1.82, 2.24) is 24.0 Å². The molecule has 0 aliphatic carbocycles. The Labute approximate surface area is 186 Å². The average Bonchev–Trinajstić information content (AvgIpc) is 3.32. The third-order valence-electron chi connectivity index (χ3n) is 4.91. The molecular weight excluding hydrogens is 442 g/mol. The van der Waals surface area contributed by atoms with E-state index in [2.05, 4.69) is 10.3 Å². The number of hydrogen-bond acceptors (Lipinski definition) is 7. The summed E-state index contributed by atoms with van der Waals surface area (Å²) in [4.78, 5) is 31.6. The van der Waals surface area contributed by atoms with E-state index < -0.39 is 11.2 Å². The van der Waals surface area contributed by atoms with Crippen LogP contribution in [0, 0.1) is 0 Å². The molecule has 9 nitrogen and oxygen atoms in total. The summed E-state index contributed by atoms with van der Waals surface area (Å²) in [5, 5.41) is 13.0. The molecule has 0 amide bonds. The molecule has 164 valence electrons. The van der Waals surface area contributed by atoms with Crippen LogP contribution in [-0.4, -0.2) is 35.8 Å². The number of nitrogens with one attached hydrogen (secondary N) is 1. The number of rotatable bonds is 7. The minimum Gasteiger partial charge on any atom is -0.425 e. The molecule has 1 aliphatic rings. The second-order valence-electron chi connectivity index (χ2n) is 7.14. The molecule has 1 unspecified atom stereocenters. The molecule has 3 heterocycles. The molecule has 0 spiro atoms. The van der Waals surface area contributed by atoms with Crippen molar-refractivity contribution in [1.29, 1.82) is 0 Å².